The van der Waals surface area contributed by atoms with Crippen molar-refractivity contribution in [1.29, 1.82) is 0 Å². The van der Waals surface area contributed by atoms with Crippen LogP contribution in [-0.2, 0) is 4.79 Å². The summed E-state index contributed by atoms with van der Waals surface area (Å²) in [6.45, 7) is 1.85. The third-order valence-corrected chi connectivity index (χ3v) is 5.78. The molecule has 0 saturated heterocycles. The molecule has 3 heterocycles. The number of carbonyl (C=O) groups is 1. The van der Waals surface area contributed by atoms with Crippen LogP contribution in [0.5, 0.6) is 11.5 Å². The zero-order chi connectivity index (χ0) is 24.4. The number of hydrogen-bond donors (Lipinski definition) is 2. The van der Waals surface area contributed by atoms with Gasteiger partial charge in [0, 0.05) is 23.7 Å². The van der Waals surface area contributed by atoms with Gasteiger partial charge in [0.2, 0.25) is 5.95 Å². The molecule has 0 spiro atoms. The molecule has 1 amide bonds. The van der Waals surface area contributed by atoms with Gasteiger partial charge in [-0.3, -0.25) is 9.78 Å². The van der Waals surface area contributed by atoms with Gasteiger partial charge in [0.05, 0.1) is 25.5 Å². The molecule has 35 heavy (non-hydrogen) atoms. The predicted molar refractivity (Wildman–Crippen MR) is 132 cm³/mol. The fourth-order valence-corrected chi connectivity index (χ4v) is 4.11. The normalized spacial score (nSPS) is 14.7. The Hall–Kier alpha value is -4.66. The van der Waals surface area contributed by atoms with E-state index >= 15 is 0 Å². The molecule has 9 nitrogen and oxygen atoms in total. The van der Waals surface area contributed by atoms with E-state index in [4.69, 9.17) is 19.6 Å². The molecule has 1 aliphatic rings. The molecule has 1 atom stereocenters. The SMILES string of the molecule is COc1cccc(-c2nc3n(n2)[C@H](c2cccnc2)C(C(=O)Nc2ccccc2OC)=C(C)N3)c1. The number of amides is 1. The molecule has 0 saturated carbocycles. The summed E-state index contributed by atoms with van der Waals surface area (Å²) in [6, 6.07) is 18.0. The number of methoxy groups -OCH3 is 2. The monoisotopic (exact) mass is 468 g/mol. The Balaban J connectivity index is 1.58. The lowest BCUT2D eigenvalue weighted by atomic mass is 9.96. The minimum absolute atomic E-state index is 0.280. The van der Waals surface area contributed by atoms with E-state index in [2.05, 4.69) is 15.6 Å². The minimum atomic E-state index is -0.540. The third-order valence-electron chi connectivity index (χ3n) is 5.78. The Morgan fingerprint density at radius 2 is 1.91 bits per heavy atom. The van der Waals surface area contributed by atoms with Crippen molar-refractivity contribution in [3.8, 4) is 22.9 Å². The largest absolute Gasteiger partial charge is 0.497 e. The van der Waals surface area contributed by atoms with Crippen LogP contribution >= 0.6 is 0 Å². The molecular formula is C26H24N6O3. The number of nitrogens with one attached hydrogen (secondary N) is 2. The zero-order valence-corrected chi connectivity index (χ0v) is 19.5. The van der Waals surface area contributed by atoms with E-state index < -0.39 is 6.04 Å². The van der Waals surface area contributed by atoms with E-state index in [0.29, 0.717) is 40.2 Å². The number of rotatable bonds is 6. The summed E-state index contributed by atoms with van der Waals surface area (Å²) in [6.07, 6.45) is 3.43. The molecule has 2 aromatic heterocycles. The molecule has 4 aromatic rings. The molecule has 5 rings (SSSR count). The molecule has 0 unspecified atom stereocenters. The standard InChI is InChI=1S/C26H24N6O3/c1-16-22(25(33)29-20-11-4-5-12-21(20)35-3)23(18-9-7-13-27-15-18)32-26(28-16)30-24(31-32)17-8-6-10-19(14-17)34-2/h4-15,23H,1-3H3,(H,29,33)(H,28,30,31)/t23-/m1/s1. The van der Waals surface area contributed by atoms with Crippen LogP contribution in [0, 0.1) is 0 Å². The van der Waals surface area contributed by atoms with E-state index in [0.717, 1.165) is 11.1 Å². The number of nitrogens with zero attached hydrogens (tertiary/aromatic N) is 4. The maximum atomic E-state index is 13.6. The van der Waals surface area contributed by atoms with Crippen LogP contribution in [-0.4, -0.2) is 39.9 Å². The second-order valence-electron chi connectivity index (χ2n) is 7.94. The van der Waals surface area contributed by atoms with Crippen molar-refractivity contribution >= 4 is 17.5 Å². The highest BCUT2D eigenvalue weighted by molar-refractivity contribution is 6.06. The Labute approximate surface area is 202 Å². The molecule has 176 valence electrons. The Bertz CT molecular complexity index is 1410. The molecule has 0 fully saturated rings. The van der Waals surface area contributed by atoms with Gasteiger partial charge >= 0.3 is 0 Å². The lowest BCUT2D eigenvalue weighted by Gasteiger charge is -2.28. The van der Waals surface area contributed by atoms with Crippen LogP contribution in [0.3, 0.4) is 0 Å². The molecular weight excluding hydrogens is 444 g/mol. The van der Waals surface area contributed by atoms with Crippen molar-refractivity contribution in [2.75, 3.05) is 24.9 Å². The summed E-state index contributed by atoms with van der Waals surface area (Å²) < 4.78 is 12.5. The molecule has 0 radical (unpaired) electrons. The van der Waals surface area contributed by atoms with Gasteiger partial charge in [0.1, 0.15) is 17.5 Å². The van der Waals surface area contributed by atoms with Crippen LogP contribution < -0.4 is 20.1 Å². The first-order valence-corrected chi connectivity index (χ1v) is 11.0. The maximum Gasteiger partial charge on any atom is 0.255 e. The number of aromatic nitrogens is 4. The minimum Gasteiger partial charge on any atom is -0.497 e. The van der Waals surface area contributed by atoms with E-state index in [1.54, 1.807) is 43.4 Å². The number of fused-ring (bicyclic) bond motifs is 1. The molecule has 2 aromatic carbocycles. The highest BCUT2D eigenvalue weighted by Crippen LogP contribution is 2.37. The van der Waals surface area contributed by atoms with E-state index in [1.165, 1.54) is 0 Å². The van der Waals surface area contributed by atoms with Gasteiger partial charge < -0.3 is 20.1 Å². The van der Waals surface area contributed by atoms with Crippen molar-refractivity contribution < 1.29 is 14.3 Å². The van der Waals surface area contributed by atoms with Gasteiger partial charge in [-0.25, -0.2) is 4.68 Å². The lowest BCUT2D eigenvalue weighted by Crippen LogP contribution is -2.31. The van der Waals surface area contributed by atoms with Gasteiger partial charge in [-0.15, -0.1) is 5.10 Å². The number of para-hydroxylation sites is 2. The average Bonchev–Trinajstić information content (AvgIpc) is 3.32. The van der Waals surface area contributed by atoms with Crippen LogP contribution in [0.2, 0.25) is 0 Å². The van der Waals surface area contributed by atoms with Crippen LogP contribution in [0.25, 0.3) is 11.4 Å². The molecule has 9 heteroatoms. The van der Waals surface area contributed by atoms with Gasteiger partial charge in [-0.05, 0) is 42.8 Å². The topological polar surface area (TPSA) is 103 Å². The number of anilines is 2. The smallest absolute Gasteiger partial charge is 0.255 e. The third kappa shape index (κ3) is 4.19. The predicted octanol–water partition coefficient (Wildman–Crippen LogP) is 4.28. The average molecular weight is 469 g/mol. The van der Waals surface area contributed by atoms with Crippen LogP contribution in [0.4, 0.5) is 11.6 Å². The van der Waals surface area contributed by atoms with E-state index in [-0.39, 0.29) is 5.91 Å². The van der Waals surface area contributed by atoms with Crippen molar-refractivity contribution in [2.24, 2.45) is 0 Å². The maximum absolute atomic E-state index is 13.6. The van der Waals surface area contributed by atoms with E-state index in [1.807, 2.05) is 55.5 Å². The fourth-order valence-electron chi connectivity index (χ4n) is 4.11. The molecule has 2 N–H and O–H groups in total. The number of allylic oxidation sites excluding steroid dienone is 1. The van der Waals surface area contributed by atoms with Gasteiger partial charge in [0.25, 0.3) is 5.91 Å². The summed E-state index contributed by atoms with van der Waals surface area (Å²) in [7, 11) is 3.18. The first-order chi connectivity index (χ1) is 17.1. The fraction of sp³-hybridized carbons (Fsp3) is 0.154. The van der Waals surface area contributed by atoms with Crippen molar-refractivity contribution in [1.82, 2.24) is 19.7 Å². The number of carbonyl (C=O) groups excluding carboxylic acids is 1. The second-order valence-corrected chi connectivity index (χ2v) is 7.94. The summed E-state index contributed by atoms with van der Waals surface area (Å²) in [5.74, 6) is 2.04. The molecule has 0 aliphatic carbocycles. The van der Waals surface area contributed by atoms with Crippen LogP contribution in [0.15, 0.2) is 84.3 Å². The summed E-state index contributed by atoms with van der Waals surface area (Å²) >= 11 is 0. The van der Waals surface area contributed by atoms with Gasteiger partial charge in [0.15, 0.2) is 5.82 Å². The van der Waals surface area contributed by atoms with E-state index in [9.17, 15) is 4.79 Å². The number of benzene rings is 2. The Morgan fingerprint density at radius 1 is 1.06 bits per heavy atom. The van der Waals surface area contributed by atoms with Crippen molar-refractivity contribution in [3.05, 3.63) is 89.9 Å². The lowest BCUT2D eigenvalue weighted by molar-refractivity contribution is -0.113. The summed E-state index contributed by atoms with van der Waals surface area (Å²) in [5, 5.41) is 11.0. The van der Waals surface area contributed by atoms with Crippen molar-refractivity contribution in [3.63, 3.8) is 0 Å². The zero-order valence-electron chi connectivity index (χ0n) is 19.5. The highest BCUT2D eigenvalue weighted by atomic mass is 16.5. The molecule has 1 aliphatic heterocycles. The quantitative estimate of drug-likeness (QED) is 0.435. The Morgan fingerprint density at radius 3 is 2.69 bits per heavy atom. The first kappa shape index (κ1) is 22.1. The first-order valence-electron chi connectivity index (χ1n) is 11.0. The van der Waals surface area contributed by atoms with Crippen LogP contribution in [0.1, 0.15) is 18.5 Å². The summed E-state index contributed by atoms with van der Waals surface area (Å²) in [4.78, 5) is 22.6. The van der Waals surface area contributed by atoms with Gasteiger partial charge in [-0.2, -0.15) is 4.98 Å². The Kier molecular flexibility index (Phi) is 5.88. The number of ether oxygens (including phenoxy) is 2. The van der Waals surface area contributed by atoms with Crippen molar-refractivity contribution in [2.45, 2.75) is 13.0 Å². The number of pyridine rings is 1. The van der Waals surface area contributed by atoms with Gasteiger partial charge in [-0.1, -0.05) is 30.3 Å². The molecule has 0 bridgehead atoms. The highest BCUT2D eigenvalue weighted by Gasteiger charge is 2.35. The number of hydrogen-bond acceptors (Lipinski definition) is 7. The second kappa shape index (κ2) is 9.30. The summed E-state index contributed by atoms with van der Waals surface area (Å²) in [5.41, 5.74) is 3.35.